The molecule has 0 bridgehead atoms. The van der Waals surface area contributed by atoms with E-state index in [-0.39, 0.29) is 0 Å². The van der Waals surface area contributed by atoms with Crippen molar-refractivity contribution in [2.24, 2.45) is 0 Å². The summed E-state index contributed by atoms with van der Waals surface area (Å²) >= 11 is 0. The Morgan fingerprint density at radius 2 is 1.93 bits per heavy atom. The van der Waals surface area contributed by atoms with Crippen LogP contribution in [0.3, 0.4) is 0 Å². The molecule has 0 heterocycles. The van der Waals surface area contributed by atoms with Crippen molar-refractivity contribution in [2.75, 3.05) is 6.26 Å². The molecule has 0 radical (unpaired) electrons. The number of hydrogen-bond donors (Lipinski definition) is 1. The molecule has 0 aliphatic rings. The molecule has 4 heteroatoms. The van der Waals surface area contributed by atoms with Gasteiger partial charge in [0.05, 0.1) is 11.0 Å². The van der Waals surface area contributed by atoms with Crippen molar-refractivity contribution in [1.29, 1.82) is 0 Å². The van der Waals surface area contributed by atoms with E-state index >= 15 is 0 Å². The van der Waals surface area contributed by atoms with Crippen molar-refractivity contribution < 1.29 is 13.5 Å². The molecule has 1 atom stereocenters. The van der Waals surface area contributed by atoms with Gasteiger partial charge < -0.3 is 5.11 Å². The Balaban J connectivity index is 3.27. The highest BCUT2D eigenvalue weighted by Crippen LogP contribution is 2.20. The molecule has 0 fully saturated rings. The largest absolute Gasteiger partial charge is 0.389 e. The van der Waals surface area contributed by atoms with E-state index in [4.69, 9.17) is 0 Å². The van der Waals surface area contributed by atoms with Crippen LogP contribution in [0.2, 0.25) is 0 Å². The number of aliphatic hydroxyl groups excluding tert-OH is 1. The molecule has 1 unspecified atom stereocenters. The molecule has 0 saturated heterocycles. The average molecular weight is 214 g/mol. The van der Waals surface area contributed by atoms with E-state index in [1.54, 1.807) is 26.0 Å². The Labute approximate surface area is 84.3 Å². The summed E-state index contributed by atoms with van der Waals surface area (Å²) in [6.07, 6.45) is 0.604. The predicted octanol–water partition coefficient (Wildman–Crippen LogP) is 1.45. The number of aliphatic hydroxyl groups is 1. The minimum absolute atomic E-state index is 0.291. The van der Waals surface area contributed by atoms with Crippen LogP contribution in [0.1, 0.15) is 24.2 Å². The lowest BCUT2D eigenvalue weighted by Crippen LogP contribution is -2.00. The Morgan fingerprint density at radius 3 is 2.29 bits per heavy atom. The lowest BCUT2D eigenvalue weighted by molar-refractivity contribution is 0.198. The highest BCUT2D eigenvalue weighted by molar-refractivity contribution is 7.90. The Bertz CT molecular complexity index is 433. The monoisotopic (exact) mass is 214 g/mol. The second-order valence-corrected chi connectivity index (χ2v) is 5.48. The van der Waals surface area contributed by atoms with Gasteiger partial charge in [0.1, 0.15) is 0 Å². The molecular formula is C10H14O3S. The molecule has 1 aromatic carbocycles. The zero-order valence-corrected chi connectivity index (χ0v) is 9.30. The lowest BCUT2D eigenvalue weighted by atomic mass is 10.1. The first-order chi connectivity index (χ1) is 6.32. The van der Waals surface area contributed by atoms with Crippen LogP contribution in [0.4, 0.5) is 0 Å². The second kappa shape index (κ2) is 3.71. The maximum atomic E-state index is 11.2. The van der Waals surface area contributed by atoms with Crippen LogP contribution in [0.15, 0.2) is 23.1 Å². The number of hydrogen-bond acceptors (Lipinski definition) is 3. The summed E-state index contributed by atoms with van der Waals surface area (Å²) in [4.78, 5) is 0.291. The third-order valence-electron chi connectivity index (χ3n) is 2.12. The van der Waals surface area contributed by atoms with Gasteiger partial charge in [-0.1, -0.05) is 6.07 Å². The maximum Gasteiger partial charge on any atom is 0.175 e. The quantitative estimate of drug-likeness (QED) is 0.810. The third-order valence-corrected chi connectivity index (χ3v) is 3.23. The Morgan fingerprint density at radius 1 is 1.36 bits per heavy atom. The molecule has 0 spiro atoms. The van der Waals surface area contributed by atoms with E-state index in [2.05, 4.69) is 0 Å². The van der Waals surface area contributed by atoms with Crippen molar-refractivity contribution in [3.63, 3.8) is 0 Å². The lowest BCUT2D eigenvalue weighted by Gasteiger charge is -2.09. The molecule has 14 heavy (non-hydrogen) atoms. The summed E-state index contributed by atoms with van der Waals surface area (Å²) in [5.41, 5.74) is 1.56. The number of benzene rings is 1. The van der Waals surface area contributed by atoms with Gasteiger partial charge >= 0.3 is 0 Å². The van der Waals surface area contributed by atoms with Gasteiger partial charge in [-0.15, -0.1) is 0 Å². The summed E-state index contributed by atoms with van der Waals surface area (Å²) in [5.74, 6) is 0. The van der Waals surface area contributed by atoms with Crippen LogP contribution in [0, 0.1) is 6.92 Å². The van der Waals surface area contributed by atoms with Gasteiger partial charge in [0.25, 0.3) is 0 Å². The van der Waals surface area contributed by atoms with Crippen molar-refractivity contribution in [3.05, 3.63) is 29.3 Å². The van der Waals surface area contributed by atoms with Crippen LogP contribution >= 0.6 is 0 Å². The average Bonchev–Trinajstić information content (AvgIpc) is 2.01. The fourth-order valence-electron chi connectivity index (χ4n) is 1.35. The van der Waals surface area contributed by atoms with E-state index in [0.717, 1.165) is 11.1 Å². The van der Waals surface area contributed by atoms with E-state index in [1.165, 1.54) is 12.3 Å². The van der Waals surface area contributed by atoms with Crippen LogP contribution in [0.25, 0.3) is 0 Å². The SMILES string of the molecule is Cc1cc(S(C)(=O)=O)ccc1C(C)O. The highest BCUT2D eigenvalue weighted by atomic mass is 32.2. The minimum Gasteiger partial charge on any atom is -0.389 e. The topological polar surface area (TPSA) is 54.4 Å². The maximum absolute atomic E-state index is 11.2. The van der Waals surface area contributed by atoms with Gasteiger partial charge in [-0.3, -0.25) is 0 Å². The fraction of sp³-hybridized carbons (Fsp3) is 0.400. The molecule has 0 aliphatic heterocycles. The smallest absolute Gasteiger partial charge is 0.175 e. The van der Waals surface area contributed by atoms with Crippen molar-refractivity contribution in [1.82, 2.24) is 0 Å². The molecule has 1 N–H and O–H groups in total. The van der Waals surface area contributed by atoms with E-state index < -0.39 is 15.9 Å². The van der Waals surface area contributed by atoms with Gasteiger partial charge in [0.2, 0.25) is 0 Å². The normalized spacial score (nSPS) is 14.0. The first-order valence-corrected chi connectivity index (χ1v) is 6.20. The summed E-state index contributed by atoms with van der Waals surface area (Å²) in [5, 5.41) is 9.35. The molecule has 78 valence electrons. The van der Waals surface area contributed by atoms with Crippen molar-refractivity contribution in [2.45, 2.75) is 24.8 Å². The van der Waals surface area contributed by atoms with Gasteiger partial charge in [0.15, 0.2) is 9.84 Å². The minimum atomic E-state index is -3.15. The molecule has 1 aromatic rings. The van der Waals surface area contributed by atoms with Crippen LogP contribution in [0.5, 0.6) is 0 Å². The number of rotatable bonds is 2. The van der Waals surface area contributed by atoms with Gasteiger partial charge in [-0.25, -0.2) is 8.42 Å². The summed E-state index contributed by atoms with van der Waals surface area (Å²) < 4.78 is 22.4. The highest BCUT2D eigenvalue weighted by Gasteiger charge is 2.10. The first-order valence-electron chi connectivity index (χ1n) is 4.31. The molecule has 0 amide bonds. The third kappa shape index (κ3) is 2.33. The molecule has 1 rings (SSSR count). The van der Waals surface area contributed by atoms with Crippen LogP contribution in [-0.4, -0.2) is 19.8 Å². The Kier molecular flexibility index (Phi) is 2.97. The fourth-order valence-corrected chi connectivity index (χ4v) is 2.05. The van der Waals surface area contributed by atoms with E-state index in [1.807, 2.05) is 0 Å². The van der Waals surface area contributed by atoms with Crippen LogP contribution in [-0.2, 0) is 9.84 Å². The zero-order chi connectivity index (χ0) is 10.9. The first kappa shape index (κ1) is 11.2. The molecule has 0 aliphatic carbocycles. The standard InChI is InChI=1S/C10H14O3S/c1-7-6-9(14(3,12)13)4-5-10(7)8(2)11/h4-6,8,11H,1-3H3. The summed E-state index contributed by atoms with van der Waals surface area (Å²) in [6.45, 7) is 3.44. The van der Waals surface area contributed by atoms with Crippen molar-refractivity contribution >= 4 is 9.84 Å². The van der Waals surface area contributed by atoms with Gasteiger partial charge in [-0.05, 0) is 37.1 Å². The van der Waals surface area contributed by atoms with E-state index in [0.29, 0.717) is 4.90 Å². The van der Waals surface area contributed by atoms with Crippen LogP contribution < -0.4 is 0 Å². The molecular weight excluding hydrogens is 200 g/mol. The summed E-state index contributed by atoms with van der Waals surface area (Å²) in [6, 6.07) is 4.75. The molecule has 0 saturated carbocycles. The predicted molar refractivity (Wildman–Crippen MR) is 54.9 cm³/mol. The number of sulfone groups is 1. The number of aryl methyl sites for hydroxylation is 1. The van der Waals surface area contributed by atoms with Crippen molar-refractivity contribution in [3.8, 4) is 0 Å². The molecule has 3 nitrogen and oxygen atoms in total. The zero-order valence-electron chi connectivity index (χ0n) is 8.48. The summed E-state index contributed by atoms with van der Waals surface area (Å²) in [7, 11) is -3.15. The second-order valence-electron chi connectivity index (χ2n) is 3.47. The Hall–Kier alpha value is -0.870. The van der Waals surface area contributed by atoms with Gasteiger partial charge in [-0.2, -0.15) is 0 Å². The van der Waals surface area contributed by atoms with Gasteiger partial charge in [0, 0.05) is 6.26 Å². The van der Waals surface area contributed by atoms with E-state index in [9.17, 15) is 13.5 Å². The molecule has 0 aromatic heterocycles.